The van der Waals surface area contributed by atoms with Crippen LogP contribution in [0.25, 0.3) is 0 Å². The maximum atomic E-state index is 11.9. The van der Waals surface area contributed by atoms with Crippen LogP contribution in [0.1, 0.15) is 35.2 Å². The SMILES string of the molecule is COC(=O)c1ccc(NC(=O)COC(=O)C[C@@H](C)c2ccccc2)cc1. The fourth-order valence-electron chi connectivity index (χ4n) is 2.36. The molecule has 0 aliphatic rings. The number of anilines is 1. The summed E-state index contributed by atoms with van der Waals surface area (Å²) in [7, 11) is 1.30. The van der Waals surface area contributed by atoms with E-state index in [1.54, 1.807) is 12.1 Å². The van der Waals surface area contributed by atoms with Gasteiger partial charge in [0.1, 0.15) is 0 Å². The van der Waals surface area contributed by atoms with E-state index >= 15 is 0 Å². The first kappa shape index (κ1) is 19.2. The van der Waals surface area contributed by atoms with E-state index in [0.717, 1.165) is 5.56 Å². The molecule has 0 unspecified atom stereocenters. The minimum atomic E-state index is -0.454. The molecular weight excluding hydrogens is 334 g/mol. The van der Waals surface area contributed by atoms with Gasteiger partial charge in [-0.3, -0.25) is 9.59 Å². The number of carbonyl (C=O) groups is 3. The first-order valence-electron chi connectivity index (χ1n) is 8.18. The lowest BCUT2D eigenvalue weighted by molar-refractivity contribution is -0.147. The molecule has 0 aliphatic carbocycles. The normalized spacial score (nSPS) is 11.3. The third-order valence-corrected chi connectivity index (χ3v) is 3.80. The largest absolute Gasteiger partial charge is 0.465 e. The van der Waals surface area contributed by atoms with Gasteiger partial charge in [0, 0.05) is 5.69 Å². The number of hydrogen-bond acceptors (Lipinski definition) is 5. The third-order valence-electron chi connectivity index (χ3n) is 3.80. The van der Waals surface area contributed by atoms with Crippen LogP contribution in [0.3, 0.4) is 0 Å². The van der Waals surface area contributed by atoms with Crippen molar-refractivity contribution in [3.63, 3.8) is 0 Å². The second kappa shape index (κ2) is 9.36. The Balaban J connectivity index is 1.77. The molecule has 6 nitrogen and oxygen atoms in total. The standard InChI is InChI=1S/C20H21NO5/c1-14(15-6-4-3-5-7-15)12-19(23)26-13-18(22)21-17-10-8-16(9-11-17)20(24)25-2/h3-11,14H,12-13H2,1-2H3,(H,21,22)/t14-/m1/s1. The Labute approximate surface area is 152 Å². The zero-order chi connectivity index (χ0) is 18.9. The highest BCUT2D eigenvalue weighted by atomic mass is 16.5. The lowest BCUT2D eigenvalue weighted by atomic mass is 9.98. The molecule has 2 aromatic carbocycles. The molecule has 1 amide bonds. The van der Waals surface area contributed by atoms with Gasteiger partial charge in [-0.15, -0.1) is 0 Å². The van der Waals surface area contributed by atoms with Crippen molar-refractivity contribution in [3.05, 3.63) is 65.7 Å². The highest BCUT2D eigenvalue weighted by Gasteiger charge is 2.14. The first-order valence-corrected chi connectivity index (χ1v) is 8.18. The lowest BCUT2D eigenvalue weighted by Crippen LogP contribution is -2.21. The minimum Gasteiger partial charge on any atom is -0.465 e. The number of amides is 1. The Morgan fingerprint density at radius 1 is 1.00 bits per heavy atom. The van der Waals surface area contributed by atoms with Gasteiger partial charge in [-0.2, -0.15) is 0 Å². The predicted octanol–water partition coefficient (Wildman–Crippen LogP) is 3.15. The van der Waals surface area contributed by atoms with E-state index in [2.05, 4.69) is 10.1 Å². The molecule has 0 saturated carbocycles. The van der Waals surface area contributed by atoms with Gasteiger partial charge in [0.25, 0.3) is 5.91 Å². The van der Waals surface area contributed by atoms with Gasteiger partial charge in [0.05, 0.1) is 19.1 Å². The van der Waals surface area contributed by atoms with Crippen LogP contribution in [0.4, 0.5) is 5.69 Å². The van der Waals surface area contributed by atoms with E-state index in [0.29, 0.717) is 11.3 Å². The molecule has 0 heterocycles. The fraction of sp³-hybridized carbons (Fsp3) is 0.250. The van der Waals surface area contributed by atoms with Crippen molar-refractivity contribution in [3.8, 4) is 0 Å². The van der Waals surface area contributed by atoms with Gasteiger partial charge < -0.3 is 14.8 Å². The Morgan fingerprint density at radius 3 is 2.27 bits per heavy atom. The van der Waals surface area contributed by atoms with Gasteiger partial charge in [0.15, 0.2) is 6.61 Å². The zero-order valence-corrected chi connectivity index (χ0v) is 14.7. The molecule has 136 valence electrons. The highest BCUT2D eigenvalue weighted by Crippen LogP contribution is 2.18. The van der Waals surface area contributed by atoms with E-state index < -0.39 is 17.8 Å². The number of methoxy groups -OCH3 is 1. The summed E-state index contributed by atoms with van der Waals surface area (Å²) in [6, 6.07) is 15.9. The van der Waals surface area contributed by atoms with E-state index in [1.165, 1.54) is 19.2 Å². The summed E-state index contributed by atoms with van der Waals surface area (Å²) in [5.41, 5.74) is 1.92. The van der Waals surface area contributed by atoms with Crippen LogP contribution in [0.2, 0.25) is 0 Å². The van der Waals surface area contributed by atoms with Gasteiger partial charge in [-0.1, -0.05) is 37.3 Å². The lowest BCUT2D eigenvalue weighted by Gasteiger charge is -2.11. The van der Waals surface area contributed by atoms with E-state index in [-0.39, 0.29) is 18.9 Å². The monoisotopic (exact) mass is 355 g/mol. The van der Waals surface area contributed by atoms with Crippen LogP contribution in [0.15, 0.2) is 54.6 Å². The van der Waals surface area contributed by atoms with Crippen molar-refractivity contribution >= 4 is 23.5 Å². The summed E-state index contributed by atoms with van der Waals surface area (Å²) in [5.74, 6) is -1.32. The zero-order valence-electron chi connectivity index (χ0n) is 14.7. The Morgan fingerprint density at radius 2 is 1.65 bits per heavy atom. The van der Waals surface area contributed by atoms with Crippen molar-refractivity contribution in [1.29, 1.82) is 0 Å². The smallest absolute Gasteiger partial charge is 0.337 e. The quantitative estimate of drug-likeness (QED) is 0.772. The predicted molar refractivity (Wildman–Crippen MR) is 96.8 cm³/mol. The highest BCUT2D eigenvalue weighted by molar-refractivity contribution is 5.94. The summed E-state index contributed by atoms with van der Waals surface area (Å²) in [6.45, 7) is 1.57. The van der Waals surface area contributed by atoms with Gasteiger partial charge >= 0.3 is 11.9 Å². The second-order valence-corrected chi connectivity index (χ2v) is 5.79. The van der Waals surface area contributed by atoms with Crippen molar-refractivity contribution in [2.45, 2.75) is 19.3 Å². The van der Waals surface area contributed by atoms with Gasteiger partial charge in [-0.05, 0) is 35.7 Å². The number of esters is 2. The molecule has 0 spiro atoms. The molecule has 2 rings (SSSR count). The van der Waals surface area contributed by atoms with E-state index in [1.807, 2.05) is 37.3 Å². The third kappa shape index (κ3) is 5.73. The first-order chi connectivity index (χ1) is 12.5. The maximum Gasteiger partial charge on any atom is 0.337 e. The number of benzene rings is 2. The molecule has 0 aliphatic heterocycles. The molecule has 2 aromatic rings. The van der Waals surface area contributed by atoms with Gasteiger partial charge in [-0.25, -0.2) is 4.79 Å². The Hall–Kier alpha value is -3.15. The number of hydrogen-bond donors (Lipinski definition) is 1. The topological polar surface area (TPSA) is 81.7 Å². The molecular formula is C20H21NO5. The maximum absolute atomic E-state index is 11.9. The average molecular weight is 355 g/mol. The summed E-state index contributed by atoms with van der Waals surface area (Å²) in [5, 5.41) is 2.60. The van der Waals surface area contributed by atoms with Crippen LogP contribution >= 0.6 is 0 Å². The molecule has 1 N–H and O–H groups in total. The van der Waals surface area contributed by atoms with Crippen LogP contribution in [-0.4, -0.2) is 31.6 Å². The van der Waals surface area contributed by atoms with Crippen molar-refractivity contribution < 1.29 is 23.9 Å². The second-order valence-electron chi connectivity index (χ2n) is 5.79. The number of ether oxygens (including phenoxy) is 2. The summed E-state index contributed by atoms with van der Waals surface area (Å²) < 4.78 is 9.62. The number of rotatable bonds is 7. The van der Waals surface area contributed by atoms with Crippen molar-refractivity contribution in [2.24, 2.45) is 0 Å². The molecule has 0 radical (unpaired) electrons. The van der Waals surface area contributed by atoms with Crippen LogP contribution in [-0.2, 0) is 19.1 Å². The van der Waals surface area contributed by atoms with Crippen molar-refractivity contribution in [1.82, 2.24) is 0 Å². The van der Waals surface area contributed by atoms with Crippen LogP contribution in [0.5, 0.6) is 0 Å². The minimum absolute atomic E-state index is 0.0117. The summed E-state index contributed by atoms with van der Waals surface area (Å²) in [4.78, 5) is 35.1. The average Bonchev–Trinajstić information content (AvgIpc) is 2.67. The van der Waals surface area contributed by atoms with E-state index in [4.69, 9.17) is 4.74 Å². The molecule has 0 saturated heterocycles. The fourth-order valence-corrected chi connectivity index (χ4v) is 2.36. The van der Waals surface area contributed by atoms with Crippen molar-refractivity contribution in [2.75, 3.05) is 19.0 Å². The van der Waals surface area contributed by atoms with Gasteiger partial charge in [0.2, 0.25) is 0 Å². The van der Waals surface area contributed by atoms with Crippen LogP contribution in [0, 0.1) is 0 Å². The Kier molecular flexibility index (Phi) is 6.91. The summed E-state index contributed by atoms with van der Waals surface area (Å²) >= 11 is 0. The molecule has 26 heavy (non-hydrogen) atoms. The number of carbonyl (C=O) groups excluding carboxylic acids is 3. The Bertz CT molecular complexity index is 756. The van der Waals surface area contributed by atoms with Crippen LogP contribution < -0.4 is 5.32 Å². The summed E-state index contributed by atoms with van der Waals surface area (Å²) in [6.07, 6.45) is 0.200. The molecule has 0 fully saturated rings. The molecule has 0 bridgehead atoms. The molecule has 0 aromatic heterocycles. The van der Waals surface area contributed by atoms with E-state index in [9.17, 15) is 14.4 Å². The number of nitrogens with one attached hydrogen (secondary N) is 1. The molecule has 1 atom stereocenters. The molecule has 6 heteroatoms.